The molecule has 31 heavy (non-hydrogen) atoms. The summed E-state index contributed by atoms with van der Waals surface area (Å²) in [7, 11) is 0. The minimum Gasteiger partial charge on any atom is -0.446 e. The number of rotatable bonds is 4. The van der Waals surface area contributed by atoms with Crippen molar-refractivity contribution in [2.75, 3.05) is 10.6 Å². The van der Waals surface area contributed by atoms with Crippen molar-refractivity contribution in [2.45, 2.75) is 13.0 Å². The Morgan fingerprint density at radius 3 is 2.45 bits per heavy atom. The van der Waals surface area contributed by atoms with Gasteiger partial charge in [0.1, 0.15) is 0 Å². The number of carbonyl (C=O) groups is 4. The summed E-state index contributed by atoms with van der Waals surface area (Å²) >= 11 is 5.05. The van der Waals surface area contributed by atoms with Crippen molar-refractivity contribution in [3.05, 3.63) is 58.4 Å². The number of Topliss-reactive ketones (excluding diaryl/α,β-unsaturated/α-hetero) is 2. The van der Waals surface area contributed by atoms with Crippen molar-refractivity contribution >= 4 is 47.2 Å². The van der Waals surface area contributed by atoms with Crippen molar-refractivity contribution < 1.29 is 23.9 Å². The minimum absolute atomic E-state index is 0.0807. The predicted molar refractivity (Wildman–Crippen MR) is 110 cm³/mol. The van der Waals surface area contributed by atoms with E-state index in [2.05, 4.69) is 26.2 Å². The van der Waals surface area contributed by atoms with Gasteiger partial charge in [0, 0.05) is 29.4 Å². The Hall–Kier alpha value is -4.19. The number of nitrogens with one attached hydrogen (secondary N) is 3. The SMILES string of the molecule is CC(=O)OC1C(=O)c2ccc(NC(=O)Nc3cccc(-n4[nH]nnc4=S)c3)cc2C1=O. The van der Waals surface area contributed by atoms with Crippen LogP contribution in [0.15, 0.2) is 42.5 Å². The molecule has 12 heteroatoms. The highest BCUT2D eigenvalue weighted by Crippen LogP contribution is 2.27. The molecule has 0 saturated carbocycles. The highest BCUT2D eigenvalue weighted by atomic mass is 32.1. The molecule has 1 heterocycles. The number of hydrogen-bond acceptors (Lipinski definition) is 8. The van der Waals surface area contributed by atoms with Crippen LogP contribution in [0.5, 0.6) is 0 Å². The van der Waals surface area contributed by atoms with E-state index in [4.69, 9.17) is 17.0 Å². The first-order chi connectivity index (χ1) is 14.8. The van der Waals surface area contributed by atoms with E-state index < -0.39 is 29.7 Å². The zero-order valence-corrected chi connectivity index (χ0v) is 16.7. The third-order valence-corrected chi connectivity index (χ3v) is 4.67. The number of carbonyl (C=O) groups excluding carboxylic acids is 4. The number of urea groups is 1. The first-order valence-corrected chi connectivity index (χ1v) is 9.32. The highest BCUT2D eigenvalue weighted by Gasteiger charge is 2.41. The Balaban J connectivity index is 1.49. The van der Waals surface area contributed by atoms with Gasteiger partial charge in [-0.2, -0.15) is 5.21 Å². The maximum absolute atomic E-state index is 12.4. The average Bonchev–Trinajstić information content (AvgIpc) is 3.25. The number of esters is 1. The molecule has 2 amide bonds. The van der Waals surface area contributed by atoms with E-state index in [1.54, 1.807) is 24.3 Å². The number of anilines is 2. The van der Waals surface area contributed by atoms with E-state index in [-0.39, 0.29) is 21.6 Å². The number of hydrogen-bond donors (Lipinski definition) is 3. The quantitative estimate of drug-likeness (QED) is 0.319. The first kappa shape index (κ1) is 20.1. The maximum Gasteiger partial charge on any atom is 0.323 e. The van der Waals surface area contributed by atoms with Gasteiger partial charge >= 0.3 is 12.0 Å². The van der Waals surface area contributed by atoms with E-state index in [1.165, 1.54) is 22.9 Å². The number of tetrazole rings is 1. The lowest BCUT2D eigenvalue weighted by atomic mass is 10.1. The molecule has 0 saturated heterocycles. The molecule has 3 N–H and O–H groups in total. The summed E-state index contributed by atoms with van der Waals surface area (Å²) in [6.07, 6.45) is -1.48. The van der Waals surface area contributed by atoms with Gasteiger partial charge < -0.3 is 15.4 Å². The number of benzene rings is 2. The van der Waals surface area contributed by atoms with Gasteiger partial charge in [-0.1, -0.05) is 16.4 Å². The van der Waals surface area contributed by atoms with Crippen LogP contribution >= 0.6 is 12.2 Å². The molecule has 0 spiro atoms. The number of aromatic amines is 1. The summed E-state index contributed by atoms with van der Waals surface area (Å²) in [6.45, 7) is 1.12. The van der Waals surface area contributed by atoms with Crippen molar-refractivity contribution in [2.24, 2.45) is 0 Å². The molecule has 4 rings (SSSR count). The van der Waals surface area contributed by atoms with Crippen LogP contribution in [0.1, 0.15) is 27.6 Å². The first-order valence-electron chi connectivity index (χ1n) is 8.92. The highest BCUT2D eigenvalue weighted by molar-refractivity contribution is 7.71. The molecule has 3 aromatic rings. The summed E-state index contributed by atoms with van der Waals surface area (Å²) in [5, 5.41) is 15.2. The monoisotopic (exact) mass is 438 g/mol. The summed E-state index contributed by atoms with van der Waals surface area (Å²) < 4.78 is 6.50. The number of aromatic nitrogens is 4. The lowest BCUT2D eigenvalue weighted by Gasteiger charge is -2.10. The standard InChI is InChI=1S/C19H14N6O5S/c1-9(26)30-17-15(27)13-6-5-11(8-14(13)16(17)28)21-18(29)20-10-3-2-4-12(7-10)25-19(31)22-23-24-25/h2-8,17H,1H3,(H2,20,21,29)(H,22,24,31). The summed E-state index contributed by atoms with van der Waals surface area (Å²) in [4.78, 5) is 48.2. The van der Waals surface area contributed by atoms with Crippen molar-refractivity contribution in [1.29, 1.82) is 0 Å². The van der Waals surface area contributed by atoms with E-state index >= 15 is 0 Å². The van der Waals surface area contributed by atoms with Gasteiger partial charge in [-0.15, -0.1) is 0 Å². The molecule has 1 aromatic heterocycles. The van der Waals surface area contributed by atoms with Crippen molar-refractivity contribution in [1.82, 2.24) is 20.2 Å². The fourth-order valence-electron chi connectivity index (χ4n) is 3.10. The molecule has 1 aliphatic rings. The second-order valence-corrected chi connectivity index (χ2v) is 6.89. The van der Waals surface area contributed by atoms with E-state index in [0.717, 1.165) is 6.92 Å². The zero-order chi connectivity index (χ0) is 22.1. The van der Waals surface area contributed by atoms with Crippen molar-refractivity contribution in [3.8, 4) is 5.69 Å². The third-order valence-electron chi connectivity index (χ3n) is 4.40. The van der Waals surface area contributed by atoms with Gasteiger partial charge in [0.05, 0.1) is 5.69 Å². The Morgan fingerprint density at radius 1 is 1.06 bits per heavy atom. The Bertz CT molecular complexity index is 1300. The molecule has 1 atom stereocenters. The van der Waals surface area contributed by atoms with Crippen molar-refractivity contribution in [3.63, 3.8) is 0 Å². The lowest BCUT2D eigenvalue weighted by molar-refractivity contribution is -0.142. The van der Waals surface area contributed by atoms with Crippen LogP contribution in [-0.4, -0.2) is 49.9 Å². The lowest BCUT2D eigenvalue weighted by Crippen LogP contribution is -2.27. The van der Waals surface area contributed by atoms with Crippen LogP contribution in [0.3, 0.4) is 0 Å². The van der Waals surface area contributed by atoms with E-state index in [0.29, 0.717) is 11.4 Å². The molecule has 1 aliphatic carbocycles. The molecule has 2 aromatic carbocycles. The maximum atomic E-state index is 12.4. The largest absolute Gasteiger partial charge is 0.446 e. The number of nitrogens with zero attached hydrogens (tertiary/aromatic N) is 3. The summed E-state index contributed by atoms with van der Waals surface area (Å²) in [6, 6.07) is 10.5. The molecule has 0 radical (unpaired) electrons. The van der Waals surface area contributed by atoms with Gasteiger partial charge in [-0.25, -0.2) is 9.48 Å². The molecule has 156 valence electrons. The minimum atomic E-state index is -1.48. The van der Waals surface area contributed by atoms with Crippen LogP contribution in [0.2, 0.25) is 0 Å². The van der Waals surface area contributed by atoms with Gasteiger partial charge in [0.2, 0.25) is 22.4 Å². The van der Waals surface area contributed by atoms with Crippen LogP contribution in [-0.2, 0) is 9.53 Å². The number of amides is 2. The second kappa shape index (κ2) is 7.91. The molecule has 0 aliphatic heterocycles. The van der Waals surface area contributed by atoms with Gasteiger partial charge in [0.25, 0.3) is 0 Å². The molecular formula is C19H14N6O5S. The van der Waals surface area contributed by atoms with Crippen LogP contribution in [0.4, 0.5) is 16.2 Å². The molecule has 0 fully saturated rings. The fourth-order valence-corrected chi connectivity index (χ4v) is 3.28. The smallest absolute Gasteiger partial charge is 0.323 e. The normalized spacial score (nSPS) is 14.8. The predicted octanol–water partition coefficient (Wildman–Crippen LogP) is 2.28. The third kappa shape index (κ3) is 3.96. The molecular weight excluding hydrogens is 424 g/mol. The summed E-state index contributed by atoms with van der Waals surface area (Å²) in [5.41, 5.74) is 1.59. The second-order valence-electron chi connectivity index (χ2n) is 6.53. The number of ether oxygens (including phenoxy) is 1. The Morgan fingerprint density at radius 2 is 1.77 bits per heavy atom. The van der Waals surface area contributed by atoms with Gasteiger partial charge in [0.15, 0.2) is 0 Å². The average molecular weight is 438 g/mol. The summed E-state index contributed by atoms with van der Waals surface area (Å²) in [5.74, 6) is -1.95. The molecule has 11 nitrogen and oxygen atoms in total. The Kier molecular flexibility index (Phi) is 5.13. The Labute approximate surface area is 179 Å². The molecule has 0 bridgehead atoms. The number of ketones is 2. The van der Waals surface area contributed by atoms with Crippen LogP contribution in [0, 0.1) is 4.77 Å². The van der Waals surface area contributed by atoms with Gasteiger partial charge in [-0.3, -0.25) is 14.4 Å². The van der Waals surface area contributed by atoms with Crippen LogP contribution in [0.25, 0.3) is 5.69 Å². The number of fused-ring (bicyclic) bond motifs is 1. The molecule has 1 unspecified atom stereocenters. The topological polar surface area (TPSA) is 148 Å². The van der Waals surface area contributed by atoms with Crippen LogP contribution < -0.4 is 10.6 Å². The van der Waals surface area contributed by atoms with Gasteiger partial charge in [-0.05, 0) is 48.6 Å². The van der Waals surface area contributed by atoms with E-state index in [1.807, 2.05) is 0 Å². The fraction of sp³-hybridized carbons (Fsp3) is 0.105. The number of H-pyrrole nitrogens is 1. The zero-order valence-electron chi connectivity index (χ0n) is 15.9. The van der Waals surface area contributed by atoms with E-state index in [9.17, 15) is 19.2 Å².